The zero-order valence-corrected chi connectivity index (χ0v) is 12.6. The third kappa shape index (κ3) is 2.52. The zero-order chi connectivity index (χ0) is 16.7. The number of ether oxygens (including phenoxy) is 1. The summed E-state index contributed by atoms with van der Waals surface area (Å²) >= 11 is 0. The summed E-state index contributed by atoms with van der Waals surface area (Å²) in [7, 11) is 1.63. The average Bonchev–Trinajstić information content (AvgIpc) is 2.99. The van der Waals surface area contributed by atoms with E-state index in [-0.39, 0.29) is 18.5 Å². The molecule has 2 N–H and O–H groups in total. The lowest BCUT2D eigenvalue weighted by Crippen LogP contribution is -2.54. The lowest BCUT2D eigenvalue weighted by Gasteiger charge is -2.38. The molecule has 23 heavy (non-hydrogen) atoms. The number of amides is 1. The van der Waals surface area contributed by atoms with Crippen LogP contribution in [-0.4, -0.2) is 64.6 Å². The second-order valence-corrected chi connectivity index (χ2v) is 5.68. The van der Waals surface area contributed by atoms with Crippen LogP contribution in [0.3, 0.4) is 0 Å². The van der Waals surface area contributed by atoms with E-state index in [9.17, 15) is 19.5 Å². The molecule has 1 fully saturated rings. The van der Waals surface area contributed by atoms with Crippen molar-refractivity contribution in [2.45, 2.75) is 18.9 Å². The predicted molar refractivity (Wildman–Crippen MR) is 78.3 cm³/mol. The highest BCUT2D eigenvalue weighted by Gasteiger charge is 2.34. The van der Waals surface area contributed by atoms with Gasteiger partial charge in [-0.3, -0.25) is 19.3 Å². The number of hydrogen-bond acceptors (Lipinski definition) is 6. The van der Waals surface area contributed by atoms with E-state index < -0.39 is 28.6 Å². The zero-order valence-electron chi connectivity index (χ0n) is 12.6. The van der Waals surface area contributed by atoms with Gasteiger partial charge in [-0.25, -0.2) is 4.79 Å². The van der Waals surface area contributed by atoms with Crippen molar-refractivity contribution in [3.63, 3.8) is 0 Å². The molecule has 1 saturated heterocycles. The van der Waals surface area contributed by atoms with Crippen LogP contribution in [0.4, 0.5) is 0 Å². The highest BCUT2D eigenvalue weighted by Crippen LogP contribution is 2.22. The molecule has 0 bridgehead atoms. The predicted octanol–water partition coefficient (Wildman–Crippen LogP) is -0.588. The molecule has 1 amide bonds. The maximum Gasteiger partial charge on any atom is 0.341 e. The van der Waals surface area contributed by atoms with Gasteiger partial charge in [-0.05, 0) is 12.8 Å². The third-order valence-electron chi connectivity index (χ3n) is 4.08. The fourth-order valence-electron chi connectivity index (χ4n) is 2.91. The molecule has 1 aromatic rings. The van der Waals surface area contributed by atoms with Crippen molar-refractivity contribution in [1.82, 2.24) is 9.58 Å². The number of pyridine rings is 1. The van der Waals surface area contributed by atoms with Gasteiger partial charge < -0.3 is 19.8 Å². The summed E-state index contributed by atoms with van der Waals surface area (Å²) in [5.41, 5.74) is -1.88. The smallest absolute Gasteiger partial charge is 0.341 e. The molecule has 0 spiro atoms. The van der Waals surface area contributed by atoms with Gasteiger partial charge in [0.1, 0.15) is 12.2 Å². The first kappa shape index (κ1) is 15.3. The number of hydrogen-bond donors (Lipinski definition) is 2. The molecule has 0 aliphatic carbocycles. The molecule has 0 aromatic carbocycles. The summed E-state index contributed by atoms with van der Waals surface area (Å²) in [5, 5.41) is 20.6. The second-order valence-electron chi connectivity index (χ2n) is 5.68. The third-order valence-corrected chi connectivity index (χ3v) is 4.08. The van der Waals surface area contributed by atoms with Crippen LogP contribution in [-0.2, 0) is 4.74 Å². The number of nitrogens with zero attached hydrogens (tertiary/aromatic N) is 3. The summed E-state index contributed by atoms with van der Waals surface area (Å²) < 4.78 is 6.71. The Morgan fingerprint density at radius 3 is 2.78 bits per heavy atom. The molecule has 0 unspecified atom stereocenters. The van der Waals surface area contributed by atoms with Crippen molar-refractivity contribution >= 4 is 11.9 Å². The van der Waals surface area contributed by atoms with Gasteiger partial charge in [0.2, 0.25) is 5.43 Å². The molecule has 0 saturated carbocycles. The van der Waals surface area contributed by atoms with Gasteiger partial charge in [0.05, 0.1) is 6.10 Å². The van der Waals surface area contributed by atoms with Gasteiger partial charge in [-0.2, -0.15) is 0 Å². The SMILES string of the molecule is CN1CN(C[C@@H]2CCCO2)C(=O)c2c(O)c(=O)c(C(=O)O)cn21. The molecule has 2 aliphatic rings. The van der Waals surface area contributed by atoms with E-state index in [2.05, 4.69) is 0 Å². The van der Waals surface area contributed by atoms with E-state index in [1.165, 1.54) is 9.58 Å². The lowest BCUT2D eigenvalue weighted by molar-refractivity contribution is 0.0463. The van der Waals surface area contributed by atoms with Crippen LogP contribution >= 0.6 is 0 Å². The van der Waals surface area contributed by atoms with Gasteiger partial charge in [0.25, 0.3) is 5.91 Å². The van der Waals surface area contributed by atoms with Gasteiger partial charge in [-0.15, -0.1) is 0 Å². The monoisotopic (exact) mass is 323 g/mol. The van der Waals surface area contributed by atoms with E-state index in [0.717, 1.165) is 19.0 Å². The summed E-state index contributed by atoms with van der Waals surface area (Å²) in [6, 6.07) is 0. The Morgan fingerprint density at radius 1 is 1.43 bits per heavy atom. The van der Waals surface area contributed by atoms with Crippen LogP contribution in [0.15, 0.2) is 11.0 Å². The minimum Gasteiger partial charge on any atom is -0.502 e. The van der Waals surface area contributed by atoms with E-state index >= 15 is 0 Å². The first-order valence-corrected chi connectivity index (χ1v) is 7.24. The van der Waals surface area contributed by atoms with Crippen molar-refractivity contribution in [3.8, 4) is 5.75 Å². The number of rotatable bonds is 3. The van der Waals surface area contributed by atoms with Gasteiger partial charge in [0.15, 0.2) is 11.4 Å². The standard InChI is InChI=1S/C14H17N3O6/c1-15-7-16(5-8-3-2-4-23-8)13(20)10-12(19)11(18)9(14(21)22)6-17(10)15/h6,8,19H,2-5,7H2,1H3,(H,21,22)/t8-/m0/s1. The van der Waals surface area contributed by atoms with Crippen LogP contribution < -0.4 is 10.4 Å². The fourth-order valence-corrected chi connectivity index (χ4v) is 2.91. The molecule has 3 rings (SSSR count). The minimum atomic E-state index is -1.46. The van der Waals surface area contributed by atoms with Crippen LogP contribution in [0.25, 0.3) is 0 Å². The summed E-state index contributed by atoms with van der Waals surface area (Å²) in [5.74, 6) is -2.83. The molecule has 124 valence electrons. The number of carbonyl (C=O) groups is 2. The molecule has 9 nitrogen and oxygen atoms in total. The Balaban J connectivity index is 2.00. The van der Waals surface area contributed by atoms with Crippen LogP contribution in [0.1, 0.15) is 33.7 Å². The highest BCUT2D eigenvalue weighted by molar-refractivity contribution is 5.97. The normalized spacial score (nSPS) is 20.7. The Bertz CT molecular complexity index is 722. The largest absolute Gasteiger partial charge is 0.502 e. The Kier molecular flexibility index (Phi) is 3.72. The summed E-state index contributed by atoms with van der Waals surface area (Å²) in [6.45, 7) is 1.22. The summed E-state index contributed by atoms with van der Waals surface area (Å²) in [6.07, 6.45) is 2.78. The highest BCUT2D eigenvalue weighted by atomic mass is 16.5. The second kappa shape index (κ2) is 5.58. The van der Waals surface area contributed by atoms with Gasteiger partial charge in [0, 0.05) is 26.4 Å². The number of aromatic nitrogens is 1. The molecular formula is C14H17N3O6. The fraction of sp³-hybridized carbons (Fsp3) is 0.500. The van der Waals surface area contributed by atoms with Crippen molar-refractivity contribution < 1.29 is 24.5 Å². The summed E-state index contributed by atoms with van der Waals surface area (Å²) in [4.78, 5) is 37.1. The molecule has 2 aliphatic heterocycles. The number of aromatic carboxylic acids is 1. The van der Waals surface area contributed by atoms with Crippen LogP contribution in [0, 0.1) is 0 Å². The van der Waals surface area contributed by atoms with Gasteiger partial charge >= 0.3 is 5.97 Å². The molecular weight excluding hydrogens is 306 g/mol. The molecule has 3 heterocycles. The average molecular weight is 323 g/mol. The number of aromatic hydroxyl groups is 1. The van der Waals surface area contributed by atoms with Crippen molar-refractivity contribution in [3.05, 3.63) is 27.7 Å². The minimum absolute atomic E-state index is 0.0638. The first-order valence-electron chi connectivity index (χ1n) is 7.24. The van der Waals surface area contributed by atoms with E-state index in [4.69, 9.17) is 9.84 Å². The molecule has 0 radical (unpaired) electrons. The van der Waals surface area contributed by atoms with Crippen molar-refractivity contribution in [2.24, 2.45) is 0 Å². The Labute approximate surface area is 131 Å². The topological polar surface area (TPSA) is 112 Å². The number of carboxylic acids is 1. The molecule has 9 heteroatoms. The maximum atomic E-state index is 12.6. The van der Waals surface area contributed by atoms with E-state index in [0.29, 0.717) is 13.2 Å². The Morgan fingerprint density at radius 2 is 2.17 bits per heavy atom. The van der Waals surface area contributed by atoms with Gasteiger partial charge in [-0.1, -0.05) is 0 Å². The lowest BCUT2D eigenvalue weighted by atomic mass is 10.1. The number of fused-ring (bicyclic) bond motifs is 1. The van der Waals surface area contributed by atoms with Crippen molar-refractivity contribution in [2.75, 3.05) is 31.9 Å². The van der Waals surface area contributed by atoms with E-state index in [1.807, 2.05) is 0 Å². The first-order chi connectivity index (χ1) is 10.9. The quantitative estimate of drug-likeness (QED) is 0.764. The molecule has 1 atom stereocenters. The van der Waals surface area contributed by atoms with Crippen LogP contribution in [0.2, 0.25) is 0 Å². The number of carboxylic acid groups (broad SMARTS) is 1. The number of carbonyl (C=O) groups excluding carboxylic acids is 1. The maximum absolute atomic E-state index is 12.6. The molecule has 1 aromatic heterocycles. The van der Waals surface area contributed by atoms with Crippen molar-refractivity contribution in [1.29, 1.82) is 0 Å². The van der Waals surface area contributed by atoms with Crippen LogP contribution in [0.5, 0.6) is 5.75 Å². The Hall–Kier alpha value is -2.55. The van der Waals surface area contributed by atoms with E-state index in [1.54, 1.807) is 12.1 Å².